The molecule has 0 radical (unpaired) electrons. The molecule has 0 aliphatic rings. The van der Waals surface area contributed by atoms with Crippen LogP contribution in [-0.4, -0.2) is 4.98 Å². The van der Waals surface area contributed by atoms with Crippen molar-refractivity contribution in [2.75, 3.05) is 0 Å². The van der Waals surface area contributed by atoms with Gasteiger partial charge in [0, 0.05) is 6.92 Å². The van der Waals surface area contributed by atoms with Gasteiger partial charge in [0.2, 0.25) is 0 Å². The van der Waals surface area contributed by atoms with E-state index < -0.39 is 0 Å². The molecular formula is C13H17N2+. The summed E-state index contributed by atoms with van der Waals surface area (Å²) in [6.45, 7) is 3.19. The molecule has 0 spiro atoms. The van der Waals surface area contributed by atoms with Crippen LogP contribution in [0, 0.1) is 6.92 Å². The van der Waals surface area contributed by atoms with Crippen LogP contribution < -0.4 is 4.57 Å². The standard InChI is InChI=1S/C13H16N2/c1-12-14-9-11-15(12)10-5-8-13-6-3-2-4-7-13/h2-4,6-7,9,11H,5,8,10H2,1H3/p+1. The molecular weight excluding hydrogens is 184 g/mol. The third-order valence-electron chi connectivity index (χ3n) is 2.68. The number of H-pyrrole nitrogens is 1. The van der Waals surface area contributed by atoms with Crippen molar-refractivity contribution in [3.8, 4) is 0 Å². The van der Waals surface area contributed by atoms with Gasteiger partial charge in [-0.3, -0.25) is 0 Å². The molecule has 78 valence electrons. The molecule has 0 aliphatic heterocycles. The van der Waals surface area contributed by atoms with Crippen molar-refractivity contribution >= 4 is 0 Å². The van der Waals surface area contributed by atoms with Crippen molar-refractivity contribution < 1.29 is 4.57 Å². The summed E-state index contributed by atoms with van der Waals surface area (Å²) < 4.78 is 2.25. The average molecular weight is 201 g/mol. The smallest absolute Gasteiger partial charge is 0.248 e. The highest BCUT2D eigenvalue weighted by Crippen LogP contribution is 2.02. The van der Waals surface area contributed by atoms with Gasteiger partial charge < -0.3 is 0 Å². The zero-order valence-electron chi connectivity index (χ0n) is 9.11. The average Bonchev–Trinajstić information content (AvgIpc) is 2.66. The summed E-state index contributed by atoms with van der Waals surface area (Å²) in [4.78, 5) is 3.18. The fourth-order valence-electron chi connectivity index (χ4n) is 1.78. The van der Waals surface area contributed by atoms with Gasteiger partial charge in [0.15, 0.2) is 0 Å². The molecule has 0 bridgehead atoms. The lowest BCUT2D eigenvalue weighted by atomic mass is 10.1. The molecule has 0 amide bonds. The number of nitrogens with zero attached hydrogens (tertiary/aromatic N) is 1. The molecule has 0 unspecified atom stereocenters. The predicted molar refractivity (Wildman–Crippen MR) is 60.5 cm³/mol. The van der Waals surface area contributed by atoms with Crippen molar-refractivity contribution in [2.24, 2.45) is 0 Å². The number of rotatable bonds is 4. The molecule has 0 saturated heterocycles. The Bertz CT molecular complexity index is 403. The van der Waals surface area contributed by atoms with Crippen LogP contribution in [0.2, 0.25) is 0 Å². The molecule has 2 nitrogen and oxygen atoms in total. The number of imidazole rings is 1. The van der Waals surface area contributed by atoms with Gasteiger partial charge in [-0.25, -0.2) is 9.55 Å². The minimum atomic E-state index is 1.09. The van der Waals surface area contributed by atoms with Crippen molar-refractivity contribution in [1.82, 2.24) is 4.98 Å². The fourth-order valence-corrected chi connectivity index (χ4v) is 1.78. The number of aromatic nitrogens is 2. The van der Waals surface area contributed by atoms with Crippen molar-refractivity contribution in [3.05, 3.63) is 54.1 Å². The second-order valence-corrected chi connectivity index (χ2v) is 3.83. The minimum Gasteiger partial charge on any atom is -0.248 e. The summed E-state index contributed by atoms with van der Waals surface area (Å²) in [7, 11) is 0. The first-order chi connectivity index (χ1) is 7.36. The number of aromatic amines is 1. The Balaban J connectivity index is 1.83. The summed E-state index contributed by atoms with van der Waals surface area (Å²) in [5, 5.41) is 0. The van der Waals surface area contributed by atoms with Gasteiger partial charge >= 0.3 is 0 Å². The monoisotopic (exact) mass is 201 g/mol. The molecule has 0 aliphatic carbocycles. The highest BCUT2D eigenvalue weighted by Gasteiger charge is 2.03. The Hall–Kier alpha value is -1.57. The summed E-state index contributed by atoms with van der Waals surface area (Å²) in [5.41, 5.74) is 1.42. The molecule has 0 fully saturated rings. The van der Waals surface area contributed by atoms with Crippen molar-refractivity contribution in [2.45, 2.75) is 26.3 Å². The van der Waals surface area contributed by atoms with Gasteiger partial charge in [0.25, 0.3) is 5.82 Å². The van der Waals surface area contributed by atoms with E-state index >= 15 is 0 Å². The minimum absolute atomic E-state index is 1.09. The maximum absolute atomic E-state index is 3.18. The molecule has 0 saturated carbocycles. The number of hydrogen-bond donors (Lipinski definition) is 1. The van der Waals surface area contributed by atoms with Crippen molar-refractivity contribution in [1.29, 1.82) is 0 Å². The largest absolute Gasteiger partial charge is 0.251 e. The summed E-state index contributed by atoms with van der Waals surface area (Å²) in [5.74, 6) is 1.23. The number of hydrogen-bond acceptors (Lipinski definition) is 0. The zero-order chi connectivity index (χ0) is 10.5. The molecule has 2 aromatic rings. The van der Waals surface area contributed by atoms with Gasteiger partial charge in [-0.1, -0.05) is 30.3 Å². The van der Waals surface area contributed by atoms with E-state index in [1.54, 1.807) is 0 Å². The van der Waals surface area contributed by atoms with Gasteiger partial charge in [-0.15, -0.1) is 0 Å². The quantitative estimate of drug-likeness (QED) is 0.732. The molecule has 0 atom stereocenters. The lowest BCUT2D eigenvalue weighted by Crippen LogP contribution is -2.34. The van der Waals surface area contributed by atoms with E-state index in [0.29, 0.717) is 0 Å². The van der Waals surface area contributed by atoms with Crippen LogP contribution in [0.5, 0.6) is 0 Å². The third-order valence-corrected chi connectivity index (χ3v) is 2.68. The normalized spacial score (nSPS) is 10.5. The Morgan fingerprint density at radius 1 is 1.20 bits per heavy atom. The molecule has 2 rings (SSSR count). The molecule has 1 aromatic heterocycles. The van der Waals surface area contributed by atoms with Gasteiger partial charge in [-0.05, 0) is 18.4 Å². The van der Waals surface area contributed by atoms with Crippen LogP contribution in [0.3, 0.4) is 0 Å². The summed E-state index contributed by atoms with van der Waals surface area (Å²) in [6, 6.07) is 10.6. The van der Waals surface area contributed by atoms with Crippen LogP contribution >= 0.6 is 0 Å². The van der Waals surface area contributed by atoms with Gasteiger partial charge in [0.1, 0.15) is 12.4 Å². The van der Waals surface area contributed by atoms with Crippen LogP contribution in [0.1, 0.15) is 17.8 Å². The van der Waals surface area contributed by atoms with E-state index in [-0.39, 0.29) is 0 Å². The summed E-state index contributed by atoms with van der Waals surface area (Å²) in [6.07, 6.45) is 6.42. The maximum Gasteiger partial charge on any atom is 0.251 e. The zero-order valence-corrected chi connectivity index (χ0v) is 9.11. The topological polar surface area (TPSA) is 19.7 Å². The van der Waals surface area contributed by atoms with Crippen LogP contribution in [-0.2, 0) is 13.0 Å². The van der Waals surface area contributed by atoms with E-state index in [2.05, 4.69) is 53.0 Å². The second kappa shape index (κ2) is 4.78. The molecule has 1 heterocycles. The lowest BCUT2D eigenvalue weighted by molar-refractivity contribution is -0.701. The van der Waals surface area contributed by atoms with E-state index in [0.717, 1.165) is 13.0 Å². The van der Waals surface area contributed by atoms with E-state index in [4.69, 9.17) is 0 Å². The van der Waals surface area contributed by atoms with Crippen molar-refractivity contribution in [3.63, 3.8) is 0 Å². The van der Waals surface area contributed by atoms with Gasteiger partial charge in [-0.2, -0.15) is 0 Å². The molecule has 15 heavy (non-hydrogen) atoms. The molecule has 2 heteroatoms. The first-order valence-corrected chi connectivity index (χ1v) is 5.43. The Kier molecular flexibility index (Phi) is 3.18. The van der Waals surface area contributed by atoms with Gasteiger partial charge in [0.05, 0.1) is 6.54 Å². The SMILES string of the molecule is Cc1[nH]cc[n+]1CCCc1ccccc1. The highest BCUT2D eigenvalue weighted by atomic mass is 15.0. The Morgan fingerprint density at radius 3 is 2.67 bits per heavy atom. The molecule has 1 aromatic carbocycles. The molecule has 1 N–H and O–H groups in total. The first kappa shape index (κ1) is 9.97. The van der Waals surface area contributed by atoms with Crippen LogP contribution in [0.25, 0.3) is 0 Å². The Morgan fingerprint density at radius 2 is 2.00 bits per heavy atom. The van der Waals surface area contributed by atoms with E-state index in [9.17, 15) is 0 Å². The predicted octanol–water partition coefficient (Wildman–Crippen LogP) is 2.24. The number of nitrogens with one attached hydrogen (secondary N) is 1. The lowest BCUT2D eigenvalue weighted by Gasteiger charge is -2.00. The number of benzene rings is 1. The van der Waals surface area contributed by atoms with Crippen LogP contribution in [0.15, 0.2) is 42.7 Å². The third kappa shape index (κ3) is 2.69. The maximum atomic E-state index is 3.18. The second-order valence-electron chi connectivity index (χ2n) is 3.83. The Labute approximate surface area is 90.6 Å². The first-order valence-electron chi connectivity index (χ1n) is 5.43. The number of aryl methyl sites for hydroxylation is 3. The fraction of sp³-hybridized carbons (Fsp3) is 0.308. The van der Waals surface area contributed by atoms with Crippen LogP contribution in [0.4, 0.5) is 0 Å². The van der Waals surface area contributed by atoms with E-state index in [1.165, 1.54) is 17.8 Å². The highest BCUT2D eigenvalue weighted by molar-refractivity contribution is 5.14. The summed E-state index contributed by atoms with van der Waals surface area (Å²) >= 11 is 0. The van der Waals surface area contributed by atoms with E-state index in [1.807, 2.05) is 6.20 Å².